The summed E-state index contributed by atoms with van der Waals surface area (Å²) in [6, 6.07) is 0. The smallest absolute Gasteiger partial charge is 0.280 e. The Kier molecular flexibility index (Phi) is 2.11. The number of rotatable bonds is 1. The zero-order chi connectivity index (χ0) is 11.0. The summed E-state index contributed by atoms with van der Waals surface area (Å²) < 4.78 is 0. The van der Waals surface area contributed by atoms with Gasteiger partial charge in [-0.1, -0.05) is 6.92 Å². The molecule has 0 saturated heterocycles. The van der Waals surface area contributed by atoms with Crippen LogP contribution in [0.4, 0.5) is 5.95 Å². The average molecular weight is 205 g/mol. The minimum Gasteiger partial charge on any atom is -0.369 e. The van der Waals surface area contributed by atoms with Gasteiger partial charge in [-0.15, -0.1) is 0 Å². The van der Waals surface area contributed by atoms with Gasteiger partial charge in [0.1, 0.15) is 0 Å². The van der Waals surface area contributed by atoms with Gasteiger partial charge in [-0.3, -0.25) is 9.78 Å². The fourth-order valence-electron chi connectivity index (χ4n) is 1.42. The second-order valence-corrected chi connectivity index (χ2v) is 3.23. The van der Waals surface area contributed by atoms with Gasteiger partial charge in [0, 0.05) is 0 Å². The number of hydrogen-bond acceptors (Lipinski definition) is 5. The molecule has 0 bridgehead atoms. The van der Waals surface area contributed by atoms with Gasteiger partial charge in [0.15, 0.2) is 11.2 Å². The van der Waals surface area contributed by atoms with Gasteiger partial charge >= 0.3 is 0 Å². The number of H-pyrrole nitrogens is 1. The quantitative estimate of drug-likeness (QED) is 0.691. The number of aromatic amines is 1. The van der Waals surface area contributed by atoms with Crippen molar-refractivity contribution in [2.24, 2.45) is 0 Å². The van der Waals surface area contributed by atoms with Crippen molar-refractivity contribution in [3.8, 4) is 0 Å². The van der Waals surface area contributed by atoms with Crippen LogP contribution in [0.5, 0.6) is 0 Å². The van der Waals surface area contributed by atoms with E-state index in [1.54, 1.807) is 0 Å². The lowest BCUT2D eigenvalue weighted by Gasteiger charge is -2.03. The third-order valence-corrected chi connectivity index (χ3v) is 2.17. The number of aryl methyl sites for hydroxylation is 2. The summed E-state index contributed by atoms with van der Waals surface area (Å²) in [7, 11) is 0. The molecule has 0 fully saturated rings. The van der Waals surface area contributed by atoms with Gasteiger partial charge in [0.25, 0.3) is 5.56 Å². The summed E-state index contributed by atoms with van der Waals surface area (Å²) >= 11 is 0. The molecule has 0 spiro atoms. The van der Waals surface area contributed by atoms with Crippen LogP contribution in [0.2, 0.25) is 0 Å². The minimum atomic E-state index is -0.347. The molecular formula is C9H11N5O. The Morgan fingerprint density at radius 3 is 2.73 bits per heavy atom. The van der Waals surface area contributed by atoms with E-state index in [0.717, 1.165) is 17.8 Å². The van der Waals surface area contributed by atoms with Gasteiger partial charge < -0.3 is 5.73 Å². The Labute approximate surface area is 85.6 Å². The van der Waals surface area contributed by atoms with Gasteiger partial charge in [0.05, 0.1) is 11.4 Å². The third kappa shape index (κ3) is 1.54. The molecule has 2 aromatic heterocycles. The number of nitrogens with one attached hydrogen (secondary N) is 1. The van der Waals surface area contributed by atoms with E-state index in [2.05, 4.69) is 19.9 Å². The summed E-state index contributed by atoms with van der Waals surface area (Å²) in [4.78, 5) is 26.2. The third-order valence-electron chi connectivity index (χ3n) is 2.17. The number of anilines is 1. The molecule has 0 atom stereocenters. The Balaban J connectivity index is 2.87. The second kappa shape index (κ2) is 3.30. The molecule has 0 aliphatic carbocycles. The topological polar surface area (TPSA) is 97.5 Å². The van der Waals surface area contributed by atoms with Crippen molar-refractivity contribution in [3.05, 3.63) is 21.7 Å². The van der Waals surface area contributed by atoms with Crippen LogP contribution in [0.3, 0.4) is 0 Å². The molecule has 15 heavy (non-hydrogen) atoms. The average Bonchev–Trinajstić information content (AvgIpc) is 2.16. The Morgan fingerprint density at radius 2 is 2.07 bits per heavy atom. The first-order chi connectivity index (χ1) is 7.11. The largest absolute Gasteiger partial charge is 0.369 e. The van der Waals surface area contributed by atoms with Crippen molar-refractivity contribution in [1.29, 1.82) is 0 Å². The molecule has 78 valence electrons. The molecule has 0 radical (unpaired) electrons. The molecule has 0 aromatic carbocycles. The lowest BCUT2D eigenvalue weighted by atomic mass is 10.2. The normalized spacial score (nSPS) is 10.8. The Bertz CT molecular complexity index is 574. The first-order valence-electron chi connectivity index (χ1n) is 4.65. The van der Waals surface area contributed by atoms with Crippen LogP contribution >= 0.6 is 0 Å². The van der Waals surface area contributed by atoms with Crippen LogP contribution in [-0.4, -0.2) is 19.9 Å². The van der Waals surface area contributed by atoms with Crippen LogP contribution in [-0.2, 0) is 6.42 Å². The van der Waals surface area contributed by atoms with Crippen molar-refractivity contribution in [2.45, 2.75) is 20.3 Å². The Morgan fingerprint density at radius 1 is 1.33 bits per heavy atom. The van der Waals surface area contributed by atoms with Crippen LogP contribution in [0.15, 0.2) is 4.79 Å². The molecule has 0 aliphatic rings. The maximum atomic E-state index is 11.5. The number of nitrogen functional groups attached to an aromatic ring is 1. The van der Waals surface area contributed by atoms with Crippen LogP contribution < -0.4 is 11.3 Å². The molecule has 2 heterocycles. The van der Waals surface area contributed by atoms with Crippen LogP contribution in [0.1, 0.15) is 18.3 Å². The van der Waals surface area contributed by atoms with E-state index in [-0.39, 0.29) is 17.0 Å². The number of nitrogens with zero attached hydrogens (tertiary/aromatic N) is 3. The van der Waals surface area contributed by atoms with Crippen LogP contribution in [0.25, 0.3) is 11.2 Å². The fourth-order valence-corrected chi connectivity index (χ4v) is 1.42. The number of nitrogens with two attached hydrogens (primary N) is 1. The van der Waals surface area contributed by atoms with Crippen molar-refractivity contribution in [2.75, 3.05) is 5.73 Å². The highest BCUT2D eigenvalue weighted by molar-refractivity contribution is 5.69. The van der Waals surface area contributed by atoms with E-state index in [4.69, 9.17) is 5.73 Å². The van der Waals surface area contributed by atoms with E-state index in [1.807, 2.05) is 13.8 Å². The fraction of sp³-hybridized carbons (Fsp3) is 0.333. The number of hydrogen-bond donors (Lipinski definition) is 2. The molecule has 0 unspecified atom stereocenters. The predicted molar refractivity (Wildman–Crippen MR) is 56.5 cm³/mol. The molecule has 2 rings (SSSR count). The van der Waals surface area contributed by atoms with Gasteiger partial charge in [-0.05, 0) is 13.3 Å². The predicted octanol–water partition coefficient (Wildman–Crippen LogP) is 0.166. The van der Waals surface area contributed by atoms with Gasteiger partial charge in [-0.2, -0.15) is 4.98 Å². The standard InChI is InChI=1S/C9H11N5O/c1-3-5-4(2)11-7-6(12-5)8(15)14-9(10)13-7/h3H2,1-2H3,(H3,10,11,13,14,15). The molecule has 3 N–H and O–H groups in total. The van der Waals surface area contributed by atoms with Crippen molar-refractivity contribution in [1.82, 2.24) is 19.9 Å². The summed E-state index contributed by atoms with van der Waals surface area (Å²) in [5.74, 6) is 0.0606. The Hall–Kier alpha value is -1.98. The first kappa shape index (κ1) is 9.57. The lowest BCUT2D eigenvalue weighted by molar-refractivity contribution is 0.970. The number of fused-ring (bicyclic) bond motifs is 1. The molecule has 0 amide bonds. The van der Waals surface area contributed by atoms with Gasteiger partial charge in [0.2, 0.25) is 5.95 Å². The summed E-state index contributed by atoms with van der Waals surface area (Å²) in [5.41, 5.74) is 7.19. The van der Waals surface area contributed by atoms with E-state index in [0.29, 0.717) is 5.65 Å². The zero-order valence-electron chi connectivity index (χ0n) is 8.53. The molecule has 6 nitrogen and oxygen atoms in total. The molecule has 2 aromatic rings. The molecular weight excluding hydrogens is 194 g/mol. The van der Waals surface area contributed by atoms with E-state index in [9.17, 15) is 4.79 Å². The summed E-state index contributed by atoms with van der Waals surface area (Å²) in [5, 5.41) is 0. The maximum Gasteiger partial charge on any atom is 0.280 e. The van der Waals surface area contributed by atoms with Crippen molar-refractivity contribution in [3.63, 3.8) is 0 Å². The number of aromatic nitrogens is 4. The molecule has 6 heteroatoms. The minimum absolute atomic E-state index is 0.0606. The first-order valence-corrected chi connectivity index (χ1v) is 4.65. The van der Waals surface area contributed by atoms with Crippen molar-refractivity contribution >= 4 is 17.1 Å². The van der Waals surface area contributed by atoms with Crippen molar-refractivity contribution < 1.29 is 0 Å². The molecule has 0 saturated carbocycles. The molecule has 0 aliphatic heterocycles. The van der Waals surface area contributed by atoms with E-state index >= 15 is 0 Å². The zero-order valence-corrected chi connectivity index (χ0v) is 8.53. The monoisotopic (exact) mass is 205 g/mol. The summed E-state index contributed by atoms with van der Waals surface area (Å²) in [6.45, 7) is 3.80. The highest BCUT2D eigenvalue weighted by Crippen LogP contribution is 2.08. The SMILES string of the molecule is CCc1nc2c(=O)[nH]c(N)nc2nc1C. The highest BCUT2D eigenvalue weighted by Gasteiger charge is 2.08. The maximum absolute atomic E-state index is 11.5. The van der Waals surface area contributed by atoms with E-state index in [1.165, 1.54) is 0 Å². The summed E-state index contributed by atoms with van der Waals surface area (Å²) in [6.07, 6.45) is 0.735. The van der Waals surface area contributed by atoms with Crippen LogP contribution in [0, 0.1) is 6.92 Å². The highest BCUT2D eigenvalue weighted by atomic mass is 16.1. The van der Waals surface area contributed by atoms with Gasteiger partial charge in [-0.25, -0.2) is 9.97 Å². The second-order valence-electron chi connectivity index (χ2n) is 3.23. The lowest BCUT2D eigenvalue weighted by Crippen LogP contribution is -2.15. The van der Waals surface area contributed by atoms with E-state index < -0.39 is 0 Å².